The predicted molar refractivity (Wildman–Crippen MR) is 89.5 cm³/mol. The fourth-order valence-electron chi connectivity index (χ4n) is 3.41. The summed E-state index contributed by atoms with van der Waals surface area (Å²) in [6, 6.07) is 14.2. The van der Waals surface area contributed by atoms with E-state index in [0.29, 0.717) is 0 Å². The first kappa shape index (κ1) is 13.1. The van der Waals surface area contributed by atoms with E-state index < -0.39 is 0 Å². The Labute approximate surface area is 129 Å². The van der Waals surface area contributed by atoms with Crippen LogP contribution in [0.25, 0.3) is 10.9 Å². The summed E-state index contributed by atoms with van der Waals surface area (Å²) in [5.41, 5.74) is 6.31. The molecule has 3 heteroatoms. The number of nitrogens with one attached hydrogen (secondary N) is 2. The van der Waals surface area contributed by atoms with Crippen LogP contribution < -0.4 is 5.32 Å². The summed E-state index contributed by atoms with van der Waals surface area (Å²) in [6.07, 6.45) is 3.49. The van der Waals surface area contributed by atoms with E-state index in [1.54, 1.807) is 0 Å². The average Bonchev–Trinajstić information content (AvgIpc) is 3.09. The Balaban J connectivity index is 1.68. The van der Waals surface area contributed by atoms with Crippen molar-refractivity contribution in [2.45, 2.75) is 26.2 Å². The van der Waals surface area contributed by atoms with Crippen LogP contribution in [0.15, 0.2) is 42.5 Å². The van der Waals surface area contributed by atoms with E-state index >= 15 is 0 Å². The Morgan fingerprint density at radius 1 is 1.09 bits per heavy atom. The van der Waals surface area contributed by atoms with Gasteiger partial charge < -0.3 is 10.3 Å². The largest absolute Gasteiger partial charge is 0.358 e. The quantitative estimate of drug-likeness (QED) is 0.729. The molecular formula is C19H18N2O. The lowest BCUT2D eigenvalue weighted by Crippen LogP contribution is -2.13. The van der Waals surface area contributed by atoms with Gasteiger partial charge >= 0.3 is 0 Å². The molecule has 1 heterocycles. The second-order valence-electron chi connectivity index (χ2n) is 5.96. The topological polar surface area (TPSA) is 44.9 Å². The molecule has 3 aromatic rings. The molecule has 4 rings (SSSR count). The fourth-order valence-corrected chi connectivity index (χ4v) is 3.41. The Bertz CT molecular complexity index is 876. The van der Waals surface area contributed by atoms with Crippen LogP contribution in [0.1, 0.15) is 33.6 Å². The summed E-state index contributed by atoms with van der Waals surface area (Å²) in [4.78, 5) is 16.0. The molecule has 2 N–H and O–H groups in total. The third kappa shape index (κ3) is 2.10. The zero-order valence-electron chi connectivity index (χ0n) is 12.6. The van der Waals surface area contributed by atoms with Gasteiger partial charge in [0.2, 0.25) is 0 Å². The van der Waals surface area contributed by atoms with E-state index in [0.717, 1.165) is 40.7 Å². The minimum absolute atomic E-state index is 0.0482. The van der Waals surface area contributed by atoms with Crippen LogP contribution in [0.4, 0.5) is 5.69 Å². The highest BCUT2D eigenvalue weighted by Gasteiger charge is 2.17. The maximum Gasteiger partial charge on any atom is 0.258 e. The van der Waals surface area contributed by atoms with Crippen LogP contribution in [0, 0.1) is 6.92 Å². The number of aromatic amines is 1. The smallest absolute Gasteiger partial charge is 0.258 e. The predicted octanol–water partition coefficient (Wildman–Crippen LogP) is 4.22. The van der Waals surface area contributed by atoms with Crippen LogP contribution in [-0.2, 0) is 12.8 Å². The SMILES string of the molecule is Cc1[nH]c2ccccc2c1C(=O)Nc1ccc2c(c1)CCC2. The van der Waals surface area contributed by atoms with Crippen molar-refractivity contribution < 1.29 is 4.79 Å². The van der Waals surface area contributed by atoms with Crippen molar-refractivity contribution in [3.8, 4) is 0 Å². The minimum atomic E-state index is -0.0482. The van der Waals surface area contributed by atoms with Crippen molar-refractivity contribution in [2.24, 2.45) is 0 Å². The lowest BCUT2D eigenvalue weighted by molar-refractivity contribution is 0.102. The van der Waals surface area contributed by atoms with Gasteiger partial charge in [0, 0.05) is 22.3 Å². The molecule has 0 fully saturated rings. The molecule has 1 aliphatic carbocycles. The van der Waals surface area contributed by atoms with Crippen molar-refractivity contribution in [1.82, 2.24) is 4.98 Å². The zero-order chi connectivity index (χ0) is 15.1. The van der Waals surface area contributed by atoms with Gasteiger partial charge in [-0.1, -0.05) is 24.3 Å². The fraction of sp³-hybridized carbons (Fsp3) is 0.211. The van der Waals surface area contributed by atoms with Crippen molar-refractivity contribution in [3.05, 3.63) is 64.8 Å². The number of aryl methyl sites for hydroxylation is 3. The Morgan fingerprint density at radius 3 is 2.82 bits per heavy atom. The van der Waals surface area contributed by atoms with Crippen molar-refractivity contribution >= 4 is 22.5 Å². The number of anilines is 1. The summed E-state index contributed by atoms with van der Waals surface area (Å²) >= 11 is 0. The molecule has 0 saturated heterocycles. The maximum absolute atomic E-state index is 12.7. The zero-order valence-corrected chi connectivity index (χ0v) is 12.6. The molecular weight excluding hydrogens is 272 g/mol. The van der Waals surface area contributed by atoms with Gasteiger partial charge in [0.05, 0.1) is 5.56 Å². The Morgan fingerprint density at radius 2 is 1.91 bits per heavy atom. The van der Waals surface area contributed by atoms with Crippen molar-refractivity contribution in [3.63, 3.8) is 0 Å². The van der Waals surface area contributed by atoms with Crippen LogP contribution >= 0.6 is 0 Å². The van der Waals surface area contributed by atoms with Gasteiger partial charge in [0.1, 0.15) is 0 Å². The van der Waals surface area contributed by atoms with E-state index in [-0.39, 0.29) is 5.91 Å². The number of hydrogen-bond donors (Lipinski definition) is 2. The molecule has 110 valence electrons. The molecule has 1 amide bonds. The van der Waals surface area contributed by atoms with E-state index in [4.69, 9.17) is 0 Å². The third-order valence-corrected chi connectivity index (χ3v) is 4.48. The minimum Gasteiger partial charge on any atom is -0.358 e. The molecule has 22 heavy (non-hydrogen) atoms. The number of fused-ring (bicyclic) bond motifs is 2. The van der Waals surface area contributed by atoms with Crippen molar-refractivity contribution in [2.75, 3.05) is 5.32 Å². The number of hydrogen-bond acceptors (Lipinski definition) is 1. The van der Waals surface area contributed by atoms with Gasteiger partial charge in [-0.3, -0.25) is 4.79 Å². The molecule has 1 aliphatic rings. The number of rotatable bonds is 2. The molecule has 2 aromatic carbocycles. The molecule has 0 aliphatic heterocycles. The first-order valence-electron chi connectivity index (χ1n) is 7.73. The second kappa shape index (κ2) is 5.02. The molecule has 3 nitrogen and oxygen atoms in total. The van der Waals surface area contributed by atoms with Crippen LogP contribution in [0.5, 0.6) is 0 Å². The number of H-pyrrole nitrogens is 1. The lowest BCUT2D eigenvalue weighted by atomic mass is 10.1. The molecule has 1 aromatic heterocycles. The number of benzene rings is 2. The van der Waals surface area contributed by atoms with Gasteiger partial charge in [-0.2, -0.15) is 0 Å². The van der Waals surface area contributed by atoms with E-state index in [2.05, 4.69) is 22.4 Å². The Hall–Kier alpha value is -2.55. The summed E-state index contributed by atoms with van der Waals surface area (Å²) in [5, 5.41) is 4.02. The number of carbonyl (C=O) groups excluding carboxylic acids is 1. The highest BCUT2D eigenvalue weighted by Crippen LogP contribution is 2.26. The molecule has 0 saturated carbocycles. The molecule has 0 radical (unpaired) electrons. The number of carbonyl (C=O) groups is 1. The highest BCUT2D eigenvalue weighted by molar-refractivity contribution is 6.13. The molecule has 0 atom stereocenters. The Kier molecular flexibility index (Phi) is 3.00. The van der Waals surface area contributed by atoms with Crippen LogP contribution in [-0.4, -0.2) is 10.9 Å². The first-order valence-corrected chi connectivity index (χ1v) is 7.73. The van der Waals surface area contributed by atoms with Gasteiger partial charge in [-0.25, -0.2) is 0 Å². The van der Waals surface area contributed by atoms with Gasteiger partial charge in [0.15, 0.2) is 0 Å². The molecule has 0 unspecified atom stereocenters. The van der Waals surface area contributed by atoms with E-state index in [1.807, 2.05) is 37.3 Å². The van der Waals surface area contributed by atoms with Crippen LogP contribution in [0.3, 0.4) is 0 Å². The van der Waals surface area contributed by atoms with E-state index in [1.165, 1.54) is 17.5 Å². The summed E-state index contributed by atoms with van der Waals surface area (Å²) in [7, 11) is 0. The number of amides is 1. The second-order valence-corrected chi connectivity index (χ2v) is 5.96. The summed E-state index contributed by atoms with van der Waals surface area (Å²) < 4.78 is 0. The number of aromatic nitrogens is 1. The normalized spacial score (nSPS) is 13.3. The monoisotopic (exact) mass is 290 g/mol. The van der Waals surface area contributed by atoms with Gasteiger partial charge in [-0.15, -0.1) is 0 Å². The van der Waals surface area contributed by atoms with Crippen LogP contribution in [0.2, 0.25) is 0 Å². The average molecular weight is 290 g/mol. The third-order valence-electron chi connectivity index (χ3n) is 4.48. The molecule has 0 bridgehead atoms. The standard InChI is InChI=1S/C19H18N2O/c1-12-18(16-7-2-3-8-17(16)20-12)19(22)21-15-10-9-13-5-4-6-14(13)11-15/h2-3,7-11,20H,4-6H2,1H3,(H,21,22). The van der Waals surface area contributed by atoms with Gasteiger partial charge in [0.25, 0.3) is 5.91 Å². The maximum atomic E-state index is 12.7. The van der Waals surface area contributed by atoms with Gasteiger partial charge in [-0.05, 0) is 55.5 Å². The number of para-hydroxylation sites is 1. The first-order chi connectivity index (χ1) is 10.7. The van der Waals surface area contributed by atoms with Crippen molar-refractivity contribution in [1.29, 1.82) is 0 Å². The molecule has 0 spiro atoms. The highest BCUT2D eigenvalue weighted by atomic mass is 16.1. The van der Waals surface area contributed by atoms with E-state index in [9.17, 15) is 4.79 Å². The lowest BCUT2D eigenvalue weighted by Gasteiger charge is -2.08. The summed E-state index contributed by atoms with van der Waals surface area (Å²) in [6.45, 7) is 1.94. The summed E-state index contributed by atoms with van der Waals surface area (Å²) in [5.74, 6) is -0.0482.